The molecule has 0 spiro atoms. The van der Waals surface area contributed by atoms with E-state index in [1.807, 2.05) is 0 Å². The Bertz CT molecular complexity index is 648. The minimum Gasteiger partial charge on any atom is -0.385 e. The highest BCUT2D eigenvalue weighted by Crippen LogP contribution is 2.35. The molecule has 0 radical (unpaired) electrons. The maximum absolute atomic E-state index is 13.2. The Hall–Kier alpha value is -1.59. The molecule has 2 aliphatic rings. The molecule has 2 fully saturated rings. The van der Waals surface area contributed by atoms with Gasteiger partial charge in [-0.25, -0.2) is 4.79 Å². The first-order chi connectivity index (χ1) is 15.7. The average Bonchev–Trinajstić information content (AvgIpc) is 2.85. The van der Waals surface area contributed by atoms with Crippen molar-refractivity contribution in [3.05, 3.63) is 35.9 Å². The number of amides is 2. The zero-order valence-electron chi connectivity index (χ0n) is 20.1. The van der Waals surface area contributed by atoms with E-state index in [9.17, 15) is 4.79 Å². The van der Waals surface area contributed by atoms with Gasteiger partial charge in [0.05, 0.1) is 0 Å². The van der Waals surface area contributed by atoms with Crippen LogP contribution in [0.3, 0.4) is 0 Å². The van der Waals surface area contributed by atoms with Crippen molar-refractivity contribution < 1.29 is 9.53 Å². The van der Waals surface area contributed by atoms with Gasteiger partial charge in [-0.15, -0.1) is 0 Å². The lowest BCUT2D eigenvalue weighted by Gasteiger charge is -2.38. The first-order valence-corrected chi connectivity index (χ1v) is 13.0. The van der Waals surface area contributed by atoms with Crippen molar-refractivity contribution in [2.45, 2.75) is 82.6 Å². The van der Waals surface area contributed by atoms with Crippen LogP contribution in [0.4, 0.5) is 4.79 Å². The van der Waals surface area contributed by atoms with Crippen LogP contribution in [0.2, 0.25) is 0 Å². The van der Waals surface area contributed by atoms with E-state index in [0.717, 1.165) is 57.7 Å². The Balaban J connectivity index is 1.57. The molecule has 0 bridgehead atoms. The third kappa shape index (κ3) is 7.77. The molecular weight excluding hydrogens is 398 g/mol. The van der Waals surface area contributed by atoms with Crippen LogP contribution in [0, 0.1) is 11.8 Å². The fraction of sp³-hybridized carbons (Fsp3) is 0.741. The van der Waals surface area contributed by atoms with Gasteiger partial charge in [0.1, 0.15) is 0 Å². The molecule has 1 aliphatic heterocycles. The van der Waals surface area contributed by atoms with Crippen LogP contribution in [-0.2, 0) is 4.74 Å². The minimum absolute atomic E-state index is 0.0900. The van der Waals surface area contributed by atoms with Crippen LogP contribution < -0.4 is 11.1 Å². The third-order valence-electron chi connectivity index (χ3n) is 7.61. The smallest absolute Gasteiger partial charge is 0.317 e. The molecule has 3 atom stereocenters. The third-order valence-corrected chi connectivity index (χ3v) is 7.61. The number of benzene rings is 1. The van der Waals surface area contributed by atoms with Crippen molar-refractivity contribution in [3.8, 4) is 0 Å². The molecule has 1 saturated carbocycles. The summed E-state index contributed by atoms with van der Waals surface area (Å²) >= 11 is 0. The van der Waals surface area contributed by atoms with Crippen LogP contribution >= 0.6 is 0 Å². The predicted octanol–water partition coefficient (Wildman–Crippen LogP) is 5.31. The van der Waals surface area contributed by atoms with Crippen molar-refractivity contribution in [1.82, 2.24) is 10.2 Å². The van der Waals surface area contributed by atoms with E-state index in [-0.39, 0.29) is 12.1 Å². The number of hydrogen-bond donors (Lipinski definition) is 2. The monoisotopic (exact) mass is 443 g/mol. The molecule has 0 aromatic heterocycles. The van der Waals surface area contributed by atoms with E-state index in [4.69, 9.17) is 10.5 Å². The molecule has 2 unspecified atom stereocenters. The van der Waals surface area contributed by atoms with Gasteiger partial charge in [-0.1, -0.05) is 68.9 Å². The van der Waals surface area contributed by atoms with Crippen LogP contribution in [0.1, 0.15) is 82.1 Å². The Labute approximate surface area is 195 Å². The highest BCUT2D eigenvalue weighted by atomic mass is 16.5. The lowest BCUT2D eigenvalue weighted by atomic mass is 9.78. The molecule has 1 heterocycles. The predicted molar refractivity (Wildman–Crippen MR) is 132 cm³/mol. The number of carbonyl (C=O) groups is 1. The summed E-state index contributed by atoms with van der Waals surface area (Å²) in [4.78, 5) is 15.2. The number of urea groups is 1. The van der Waals surface area contributed by atoms with Gasteiger partial charge in [0.25, 0.3) is 0 Å². The topological polar surface area (TPSA) is 67.6 Å². The van der Waals surface area contributed by atoms with Gasteiger partial charge in [-0.3, -0.25) is 0 Å². The summed E-state index contributed by atoms with van der Waals surface area (Å²) in [5.41, 5.74) is 7.47. The van der Waals surface area contributed by atoms with Crippen LogP contribution in [0.25, 0.3) is 0 Å². The molecule has 1 aromatic carbocycles. The van der Waals surface area contributed by atoms with Crippen molar-refractivity contribution in [2.75, 3.05) is 33.4 Å². The molecule has 1 saturated heterocycles. The van der Waals surface area contributed by atoms with Gasteiger partial charge in [0.2, 0.25) is 0 Å². The lowest BCUT2D eigenvalue weighted by molar-refractivity contribution is 0.147. The number of methoxy groups -OCH3 is 1. The van der Waals surface area contributed by atoms with Crippen LogP contribution in [0.15, 0.2) is 30.3 Å². The van der Waals surface area contributed by atoms with Gasteiger partial charge in [-0.2, -0.15) is 0 Å². The van der Waals surface area contributed by atoms with Gasteiger partial charge in [0.15, 0.2) is 0 Å². The van der Waals surface area contributed by atoms with Crippen molar-refractivity contribution in [2.24, 2.45) is 17.6 Å². The van der Waals surface area contributed by atoms with Crippen molar-refractivity contribution in [3.63, 3.8) is 0 Å². The summed E-state index contributed by atoms with van der Waals surface area (Å²) in [6.07, 6.45) is 13.3. The van der Waals surface area contributed by atoms with Crippen LogP contribution in [0.5, 0.6) is 0 Å². The maximum Gasteiger partial charge on any atom is 0.317 e. The van der Waals surface area contributed by atoms with Crippen molar-refractivity contribution in [1.29, 1.82) is 0 Å². The zero-order chi connectivity index (χ0) is 22.6. The summed E-state index contributed by atoms with van der Waals surface area (Å²) in [7, 11) is 1.77. The Kier molecular flexibility index (Phi) is 10.8. The van der Waals surface area contributed by atoms with Gasteiger partial charge < -0.3 is 20.7 Å². The number of likely N-dealkylation sites (tertiary alicyclic amines) is 1. The number of unbranched alkanes of at least 4 members (excludes halogenated alkanes) is 1. The van der Waals surface area contributed by atoms with E-state index < -0.39 is 0 Å². The minimum atomic E-state index is 0.0900. The second-order valence-electron chi connectivity index (χ2n) is 9.98. The van der Waals surface area contributed by atoms with Gasteiger partial charge in [0, 0.05) is 39.4 Å². The number of nitrogens with one attached hydrogen (secondary N) is 1. The first kappa shape index (κ1) is 25.0. The molecule has 1 aromatic rings. The molecule has 5 nitrogen and oxygen atoms in total. The molecule has 1 aliphatic carbocycles. The van der Waals surface area contributed by atoms with E-state index in [1.54, 1.807) is 7.11 Å². The summed E-state index contributed by atoms with van der Waals surface area (Å²) in [6.45, 7) is 3.05. The molecule has 3 N–H and O–H groups in total. The summed E-state index contributed by atoms with van der Waals surface area (Å²) in [5.74, 6) is 1.73. The molecule has 5 heteroatoms. The first-order valence-electron chi connectivity index (χ1n) is 13.0. The van der Waals surface area contributed by atoms with E-state index in [1.165, 1.54) is 44.1 Å². The second kappa shape index (κ2) is 13.8. The normalized spacial score (nSPS) is 21.8. The van der Waals surface area contributed by atoms with Crippen LogP contribution in [-0.4, -0.2) is 50.3 Å². The zero-order valence-corrected chi connectivity index (χ0v) is 20.1. The number of hydrogen-bond acceptors (Lipinski definition) is 3. The number of rotatable bonds is 11. The lowest BCUT2D eigenvalue weighted by Crippen LogP contribution is -2.51. The second-order valence-corrected chi connectivity index (χ2v) is 9.98. The Morgan fingerprint density at radius 3 is 2.62 bits per heavy atom. The largest absolute Gasteiger partial charge is 0.385 e. The standard InChI is InChI=1S/C27H45N3O2/c1-32-18-9-8-16-26(23-13-6-3-7-14-23)24-15-10-17-30(21-24)27(31)29-25(20-28)19-22-11-4-2-5-12-22/h3,6-7,13-14,22,24-26H,2,4-5,8-12,15-21,28H2,1H3,(H,29,31)/t24?,25-,26?/m0/s1. The summed E-state index contributed by atoms with van der Waals surface area (Å²) < 4.78 is 5.25. The molecule has 3 rings (SSSR count). The average molecular weight is 444 g/mol. The van der Waals surface area contributed by atoms with E-state index in [2.05, 4.69) is 40.5 Å². The number of carbonyl (C=O) groups excluding carboxylic acids is 1. The molecule has 180 valence electrons. The number of piperidine rings is 1. The summed E-state index contributed by atoms with van der Waals surface area (Å²) in [5, 5.41) is 3.29. The highest BCUT2D eigenvalue weighted by molar-refractivity contribution is 5.74. The van der Waals surface area contributed by atoms with E-state index >= 15 is 0 Å². The van der Waals surface area contributed by atoms with Gasteiger partial charge >= 0.3 is 6.03 Å². The quantitative estimate of drug-likeness (QED) is 0.456. The fourth-order valence-corrected chi connectivity index (χ4v) is 5.81. The number of nitrogens with zero attached hydrogens (tertiary/aromatic N) is 1. The Morgan fingerprint density at radius 2 is 1.91 bits per heavy atom. The maximum atomic E-state index is 13.2. The Morgan fingerprint density at radius 1 is 1.12 bits per heavy atom. The van der Waals surface area contributed by atoms with Crippen molar-refractivity contribution >= 4 is 6.03 Å². The fourth-order valence-electron chi connectivity index (χ4n) is 5.81. The highest BCUT2D eigenvalue weighted by Gasteiger charge is 2.31. The van der Waals surface area contributed by atoms with E-state index in [0.29, 0.717) is 18.4 Å². The van der Waals surface area contributed by atoms with Gasteiger partial charge in [-0.05, 0) is 55.4 Å². The number of ether oxygens (including phenoxy) is 1. The summed E-state index contributed by atoms with van der Waals surface area (Å²) in [6, 6.07) is 11.1. The molecule has 32 heavy (non-hydrogen) atoms. The molecular formula is C27H45N3O2. The molecule has 2 amide bonds. The SMILES string of the molecule is COCCCCC(c1ccccc1)C1CCCN(C(=O)N[C@H](CN)CC2CCCCC2)C1. The number of nitrogens with two attached hydrogens (primary N) is 1.